The number of aromatic nitrogens is 3. The molecule has 0 unspecified atom stereocenters. The third kappa shape index (κ3) is 3.43. The zero-order chi connectivity index (χ0) is 19.8. The van der Waals surface area contributed by atoms with Crippen molar-refractivity contribution in [2.75, 3.05) is 11.6 Å². The van der Waals surface area contributed by atoms with Gasteiger partial charge in [0.2, 0.25) is 5.13 Å². The summed E-state index contributed by atoms with van der Waals surface area (Å²) in [6.07, 6.45) is 1.96. The van der Waals surface area contributed by atoms with E-state index in [9.17, 15) is 4.79 Å². The van der Waals surface area contributed by atoms with Gasteiger partial charge in [0.05, 0.1) is 21.5 Å². The summed E-state index contributed by atoms with van der Waals surface area (Å²) >= 11 is 3.12. The van der Waals surface area contributed by atoms with Crippen LogP contribution in [0.25, 0.3) is 15.3 Å². The number of amides is 1. The maximum absolute atomic E-state index is 12.9. The maximum Gasteiger partial charge on any atom is 0.257 e. The Morgan fingerprint density at radius 2 is 1.93 bits per heavy atom. The molecular formula is C21H20N4OS2. The maximum atomic E-state index is 12.9. The van der Waals surface area contributed by atoms with Crippen LogP contribution in [0.1, 0.15) is 27.2 Å². The molecule has 0 fully saturated rings. The summed E-state index contributed by atoms with van der Waals surface area (Å²) in [5.74, 6) is 0.464. The van der Waals surface area contributed by atoms with E-state index in [0.717, 1.165) is 31.5 Å². The fraction of sp³-hybridized carbons (Fsp3) is 0.190. The van der Waals surface area contributed by atoms with Crippen molar-refractivity contribution in [1.82, 2.24) is 14.8 Å². The van der Waals surface area contributed by atoms with Gasteiger partial charge in [-0.05, 0) is 56.4 Å². The van der Waals surface area contributed by atoms with Crippen molar-refractivity contribution in [3.8, 4) is 5.13 Å². The first-order valence-corrected chi connectivity index (χ1v) is 10.9. The third-order valence-corrected chi connectivity index (χ3v) is 6.20. The Bertz CT molecular complexity index is 1190. The lowest BCUT2D eigenvalue weighted by molar-refractivity contribution is 0.102. The molecule has 4 rings (SSSR count). The SMILES string of the molecule is CSc1ccccc1C(=O)Nc1cc(C)nn1-c1nc2c(C)cc(C)cc2s1. The summed E-state index contributed by atoms with van der Waals surface area (Å²) in [6.45, 7) is 6.05. The predicted octanol–water partition coefficient (Wildman–Crippen LogP) is 5.38. The molecule has 0 saturated heterocycles. The first-order valence-electron chi connectivity index (χ1n) is 8.85. The molecule has 1 N–H and O–H groups in total. The van der Waals surface area contributed by atoms with Crippen LogP contribution in [-0.4, -0.2) is 26.9 Å². The molecule has 2 aromatic heterocycles. The fourth-order valence-electron chi connectivity index (χ4n) is 3.20. The third-order valence-electron chi connectivity index (χ3n) is 4.42. The number of rotatable bonds is 4. The minimum atomic E-state index is -0.153. The topological polar surface area (TPSA) is 59.8 Å². The van der Waals surface area contributed by atoms with Crippen LogP contribution in [0.15, 0.2) is 47.4 Å². The summed E-state index contributed by atoms with van der Waals surface area (Å²) in [4.78, 5) is 18.6. The number of fused-ring (bicyclic) bond motifs is 1. The molecule has 28 heavy (non-hydrogen) atoms. The lowest BCUT2D eigenvalue weighted by atomic mass is 10.1. The zero-order valence-corrected chi connectivity index (χ0v) is 17.7. The second kappa shape index (κ2) is 7.41. The van der Waals surface area contributed by atoms with Crippen molar-refractivity contribution < 1.29 is 4.79 Å². The van der Waals surface area contributed by atoms with Gasteiger partial charge in [-0.1, -0.05) is 29.5 Å². The average molecular weight is 409 g/mol. The number of carbonyl (C=O) groups excluding carboxylic acids is 1. The Balaban J connectivity index is 1.73. The van der Waals surface area contributed by atoms with E-state index < -0.39 is 0 Å². The fourth-order valence-corrected chi connectivity index (χ4v) is 4.90. The van der Waals surface area contributed by atoms with Crippen molar-refractivity contribution in [3.05, 3.63) is 64.8 Å². The molecule has 142 valence electrons. The predicted molar refractivity (Wildman–Crippen MR) is 117 cm³/mol. The van der Waals surface area contributed by atoms with Gasteiger partial charge in [0, 0.05) is 11.0 Å². The highest BCUT2D eigenvalue weighted by molar-refractivity contribution is 7.98. The zero-order valence-electron chi connectivity index (χ0n) is 16.1. The Labute approximate surface area is 171 Å². The highest BCUT2D eigenvalue weighted by atomic mass is 32.2. The molecule has 0 bridgehead atoms. The highest BCUT2D eigenvalue weighted by Crippen LogP contribution is 2.30. The molecule has 0 aliphatic carbocycles. The second-order valence-corrected chi connectivity index (χ2v) is 8.52. The van der Waals surface area contributed by atoms with E-state index in [1.807, 2.05) is 43.5 Å². The molecule has 2 aromatic carbocycles. The van der Waals surface area contributed by atoms with Gasteiger partial charge in [0.1, 0.15) is 5.82 Å². The summed E-state index contributed by atoms with van der Waals surface area (Å²) in [5.41, 5.74) is 4.79. The summed E-state index contributed by atoms with van der Waals surface area (Å²) in [7, 11) is 0. The number of anilines is 1. The summed E-state index contributed by atoms with van der Waals surface area (Å²) in [6, 6.07) is 13.7. The van der Waals surface area contributed by atoms with Crippen molar-refractivity contribution in [3.63, 3.8) is 0 Å². The van der Waals surface area contributed by atoms with E-state index in [-0.39, 0.29) is 5.91 Å². The first kappa shape index (κ1) is 18.7. The number of thioether (sulfide) groups is 1. The van der Waals surface area contributed by atoms with Gasteiger partial charge in [-0.3, -0.25) is 4.79 Å². The summed E-state index contributed by atoms with van der Waals surface area (Å²) in [5, 5.41) is 8.31. The molecule has 2 heterocycles. The monoisotopic (exact) mass is 408 g/mol. The quantitative estimate of drug-likeness (QED) is 0.461. The molecule has 1 amide bonds. The molecule has 4 aromatic rings. The second-order valence-electron chi connectivity index (χ2n) is 6.66. The van der Waals surface area contributed by atoms with Gasteiger partial charge in [0.25, 0.3) is 5.91 Å². The van der Waals surface area contributed by atoms with E-state index in [4.69, 9.17) is 4.98 Å². The standard InChI is InChI=1S/C21H20N4OS2/c1-12-9-13(2)19-17(10-12)28-21(23-19)25-18(11-14(3)24-25)22-20(26)15-7-5-6-8-16(15)27-4/h5-11H,1-4H3,(H,22,26). The minimum Gasteiger partial charge on any atom is -0.306 e. The van der Waals surface area contributed by atoms with Crippen molar-refractivity contribution in [2.24, 2.45) is 0 Å². The Hall–Kier alpha value is -2.64. The van der Waals surface area contributed by atoms with Crippen molar-refractivity contribution in [1.29, 1.82) is 0 Å². The number of nitrogens with one attached hydrogen (secondary N) is 1. The summed E-state index contributed by atoms with van der Waals surface area (Å²) < 4.78 is 2.83. The van der Waals surface area contributed by atoms with E-state index in [0.29, 0.717) is 11.4 Å². The van der Waals surface area contributed by atoms with Crippen LogP contribution < -0.4 is 5.32 Å². The lowest BCUT2D eigenvalue weighted by Gasteiger charge is -2.09. The molecule has 0 atom stereocenters. The van der Waals surface area contributed by atoms with Gasteiger partial charge in [0.15, 0.2) is 0 Å². The molecule has 0 spiro atoms. The molecular weight excluding hydrogens is 388 g/mol. The van der Waals surface area contributed by atoms with E-state index in [2.05, 4.69) is 36.4 Å². The largest absolute Gasteiger partial charge is 0.306 e. The normalized spacial score (nSPS) is 11.1. The van der Waals surface area contributed by atoms with Crippen LogP contribution >= 0.6 is 23.1 Å². The number of hydrogen-bond acceptors (Lipinski definition) is 5. The lowest BCUT2D eigenvalue weighted by Crippen LogP contribution is -2.15. The van der Waals surface area contributed by atoms with Crippen LogP contribution in [0.4, 0.5) is 5.82 Å². The van der Waals surface area contributed by atoms with Gasteiger partial charge in [-0.25, -0.2) is 4.98 Å². The molecule has 0 radical (unpaired) electrons. The van der Waals surface area contributed by atoms with Crippen molar-refractivity contribution in [2.45, 2.75) is 25.7 Å². The highest BCUT2D eigenvalue weighted by Gasteiger charge is 2.17. The Morgan fingerprint density at radius 1 is 1.14 bits per heavy atom. The van der Waals surface area contributed by atoms with Crippen molar-refractivity contribution >= 4 is 45.0 Å². The molecule has 0 saturated carbocycles. The Kier molecular flexibility index (Phi) is 4.95. The number of thiazole rings is 1. The van der Waals surface area contributed by atoms with E-state index >= 15 is 0 Å². The number of benzene rings is 2. The van der Waals surface area contributed by atoms with E-state index in [1.165, 1.54) is 5.56 Å². The first-order chi connectivity index (χ1) is 13.5. The minimum absolute atomic E-state index is 0.153. The number of hydrogen-bond donors (Lipinski definition) is 1. The van der Waals surface area contributed by atoms with Crippen LogP contribution in [-0.2, 0) is 0 Å². The molecule has 0 aliphatic rings. The average Bonchev–Trinajstić information content (AvgIpc) is 3.24. The number of nitrogens with zero attached hydrogens (tertiary/aromatic N) is 3. The van der Waals surface area contributed by atoms with Crippen LogP contribution in [0.2, 0.25) is 0 Å². The number of carbonyl (C=O) groups is 1. The Morgan fingerprint density at radius 3 is 2.71 bits per heavy atom. The van der Waals surface area contributed by atoms with Crippen LogP contribution in [0, 0.1) is 20.8 Å². The van der Waals surface area contributed by atoms with Crippen LogP contribution in [0.5, 0.6) is 0 Å². The van der Waals surface area contributed by atoms with Gasteiger partial charge < -0.3 is 5.32 Å². The van der Waals surface area contributed by atoms with Gasteiger partial charge in [-0.15, -0.1) is 11.8 Å². The smallest absolute Gasteiger partial charge is 0.257 e. The van der Waals surface area contributed by atoms with Gasteiger partial charge >= 0.3 is 0 Å². The van der Waals surface area contributed by atoms with Gasteiger partial charge in [-0.2, -0.15) is 9.78 Å². The number of aryl methyl sites for hydroxylation is 3. The molecule has 0 aliphatic heterocycles. The molecule has 7 heteroatoms. The molecule has 5 nitrogen and oxygen atoms in total. The van der Waals surface area contributed by atoms with Crippen LogP contribution in [0.3, 0.4) is 0 Å². The van der Waals surface area contributed by atoms with E-state index in [1.54, 1.807) is 27.8 Å².